The Kier molecular flexibility index (Phi) is 5.40. The van der Waals surface area contributed by atoms with Gasteiger partial charge < -0.3 is 19.2 Å². The molecule has 2 N–H and O–H groups in total. The normalized spacial score (nSPS) is 13.6. The number of aromatic amines is 1. The Bertz CT molecular complexity index is 1630. The molecule has 0 radical (unpaired) electrons. The summed E-state index contributed by atoms with van der Waals surface area (Å²) in [5, 5.41) is 12.9. The number of aryl methyl sites for hydroxylation is 1. The molecular formula is C27H28N6O2. The maximum Gasteiger partial charge on any atom is 0.272 e. The number of benzene rings is 1. The predicted molar refractivity (Wildman–Crippen MR) is 139 cm³/mol. The van der Waals surface area contributed by atoms with Gasteiger partial charge in [0.05, 0.1) is 17.5 Å². The number of nitrogens with zero attached hydrogens (tertiary/aromatic N) is 5. The van der Waals surface area contributed by atoms with Crippen LogP contribution in [0.15, 0.2) is 71.2 Å². The molecule has 0 aliphatic rings. The Morgan fingerprint density at radius 3 is 2.69 bits per heavy atom. The molecule has 0 aliphatic carbocycles. The number of H-pyrrole nitrogens is 1. The zero-order valence-electron chi connectivity index (χ0n) is 20.4. The fraction of sp³-hybridized carbons (Fsp3) is 0.259. The highest BCUT2D eigenvalue weighted by Gasteiger charge is 2.26. The van der Waals surface area contributed by atoms with Gasteiger partial charge in [0.25, 0.3) is 5.56 Å². The van der Waals surface area contributed by atoms with Crippen molar-refractivity contribution in [3.63, 3.8) is 0 Å². The Morgan fingerprint density at radius 2 is 2.00 bits per heavy atom. The topological polar surface area (TPSA) is 101 Å². The summed E-state index contributed by atoms with van der Waals surface area (Å²) in [7, 11) is 3.64. The van der Waals surface area contributed by atoms with E-state index in [1.807, 2.05) is 49.1 Å². The minimum atomic E-state index is -1.08. The molecule has 8 nitrogen and oxygen atoms in total. The van der Waals surface area contributed by atoms with Gasteiger partial charge in [-0.1, -0.05) is 0 Å². The van der Waals surface area contributed by atoms with Gasteiger partial charge in [-0.25, -0.2) is 0 Å². The van der Waals surface area contributed by atoms with Gasteiger partial charge in [-0.3, -0.25) is 19.8 Å². The molecule has 5 rings (SSSR count). The Hall–Kier alpha value is -4.04. The van der Waals surface area contributed by atoms with Crippen LogP contribution in [0, 0.1) is 0 Å². The first-order valence-corrected chi connectivity index (χ1v) is 11.4. The van der Waals surface area contributed by atoms with E-state index < -0.39 is 5.60 Å². The van der Waals surface area contributed by atoms with E-state index in [2.05, 4.69) is 30.6 Å². The zero-order chi connectivity index (χ0) is 24.9. The SMILES string of the molecule is CN=C(C)C(c1cnccn1)n1ccc2c(C(C)(C)O)cc(-c3cn(C)c4c(=O)[nH]ccc34)cc21. The van der Waals surface area contributed by atoms with Gasteiger partial charge in [-0.05, 0) is 56.2 Å². The summed E-state index contributed by atoms with van der Waals surface area (Å²) in [4.78, 5) is 28.6. The van der Waals surface area contributed by atoms with Crippen molar-refractivity contribution in [2.24, 2.45) is 12.0 Å². The number of nitrogens with one attached hydrogen (secondary N) is 1. The van der Waals surface area contributed by atoms with Crippen molar-refractivity contribution >= 4 is 27.5 Å². The lowest BCUT2D eigenvalue weighted by Gasteiger charge is -2.23. The summed E-state index contributed by atoms with van der Waals surface area (Å²) in [6.07, 6.45) is 10.7. The average molecular weight is 469 g/mol. The van der Waals surface area contributed by atoms with E-state index in [-0.39, 0.29) is 11.6 Å². The van der Waals surface area contributed by atoms with Crippen LogP contribution in [-0.2, 0) is 12.6 Å². The molecule has 178 valence electrons. The third kappa shape index (κ3) is 3.76. The Balaban J connectivity index is 1.84. The molecule has 5 aromatic rings. The largest absolute Gasteiger partial charge is 0.386 e. The van der Waals surface area contributed by atoms with Crippen molar-refractivity contribution in [2.45, 2.75) is 32.4 Å². The zero-order valence-corrected chi connectivity index (χ0v) is 20.4. The van der Waals surface area contributed by atoms with Crippen molar-refractivity contribution in [3.05, 3.63) is 83.1 Å². The van der Waals surface area contributed by atoms with Gasteiger partial charge in [0.2, 0.25) is 0 Å². The van der Waals surface area contributed by atoms with E-state index >= 15 is 0 Å². The molecule has 0 saturated heterocycles. The van der Waals surface area contributed by atoms with Crippen LogP contribution >= 0.6 is 0 Å². The van der Waals surface area contributed by atoms with E-state index in [4.69, 9.17) is 0 Å². The van der Waals surface area contributed by atoms with Crippen LogP contribution in [0.4, 0.5) is 0 Å². The van der Waals surface area contributed by atoms with Crippen LogP contribution in [0.5, 0.6) is 0 Å². The van der Waals surface area contributed by atoms with Gasteiger partial charge in [-0.2, -0.15) is 0 Å². The van der Waals surface area contributed by atoms with Crippen molar-refractivity contribution in [1.82, 2.24) is 24.1 Å². The monoisotopic (exact) mass is 468 g/mol. The molecule has 0 fully saturated rings. The van der Waals surface area contributed by atoms with Crippen molar-refractivity contribution < 1.29 is 5.11 Å². The van der Waals surface area contributed by atoms with Gasteiger partial charge in [0.1, 0.15) is 11.6 Å². The van der Waals surface area contributed by atoms with Crippen LogP contribution < -0.4 is 5.56 Å². The number of pyridine rings is 1. The third-order valence-corrected chi connectivity index (χ3v) is 6.60. The van der Waals surface area contributed by atoms with Gasteiger partial charge >= 0.3 is 0 Å². The maximum absolute atomic E-state index is 12.5. The van der Waals surface area contributed by atoms with Crippen molar-refractivity contribution in [3.8, 4) is 11.1 Å². The summed E-state index contributed by atoms with van der Waals surface area (Å²) in [6, 6.07) is 7.79. The molecule has 0 amide bonds. The lowest BCUT2D eigenvalue weighted by Crippen LogP contribution is -2.20. The van der Waals surface area contributed by atoms with Crippen LogP contribution in [-0.4, -0.2) is 42.0 Å². The summed E-state index contributed by atoms with van der Waals surface area (Å²) >= 11 is 0. The Labute approximate surface area is 202 Å². The molecule has 4 heterocycles. The van der Waals surface area contributed by atoms with Crippen LogP contribution in [0.1, 0.15) is 38.1 Å². The highest BCUT2D eigenvalue weighted by molar-refractivity contribution is 5.99. The van der Waals surface area contributed by atoms with E-state index in [1.54, 1.807) is 45.7 Å². The summed E-state index contributed by atoms with van der Waals surface area (Å²) < 4.78 is 3.96. The van der Waals surface area contributed by atoms with E-state index in [0.717, 1.165) is 44.4 Å². The number of fused-ring (bicyclic) bond motifs is 2. The number of rotatable bonds is 5. The predicted octanol–water partition coefficient (Wildman–Crippen LogP) is 4.19. The number of aromatic nitrogens is 5. The number of aliphatic imine (C=N–C) groups is 1. The highest BCUT2D eigenvalue weighted by Crippen LogP contribution is 2.38. The molecule has 1 atom stereocenters. The van der Waals surface area contributed by atoms with Gasteiger partial charge in [0.15, 0.2) is 0 Å². The summed E-state index contributed by atoms with van der Waals surface area (Å²) in [5.74, 6) is 0. The molecule has 35 heavy (non-hydrogen) atoms. The molecule has 8 heteroatoms. The fourth-order valence-electron chi connectivity index (χ4n) is 4.88. The van der Waals surface area contributed by atoms with Crippen LogP contribution in [0.25, 0.3) is 32.9 Å². The average Bonchev–Trinajstić information content (AvgIpc) is 3.40. The molecule has 4 aromatic heterocycles. The number of hydrogen-bond acceptors (Lipinski definition) is 5. The second kappa shape index (κ2) is 8.32. The highest BCUT2D eigenvalue weighted by atomic mass is 16.3. The first kappa shape index (κ1) is 22.7. The second-order valence-electron chi connectivity index (χ2n) is 9.36. The number of aliphatic hydroxyl groups is 1. The standard InChI is InChI=1S/C27H28N6O2/c1-16(28-4)24(22-14-29-9-10-30-22)33-11-7-19-21(27(2,3)35)12-17(13-23(19)33)20-15-32(5)25-18(20)6-8-31-26(25)34/h6-15,24,35H,1-5H3,(H,31,34). The van der Waals surface area contributed by atoms with Crippen LogP contribution in [0.2, 0.25) is 0 Å². The molecule has 0 bridgehead atoms. The fourth-order valence-corrected chi connectivity index (χ4v) is 4.88. The smallest absolute Gasteiger partial charge is 0.272 e. The van der Waals surface area contributed by atoms with E-state index in [1.165, 1.54) is 0 Å². The first-order chi connectivity index (χ1) is 16.7. The third-order valence-electron chi connectivity index (χ3n) is 6.60. The van der Waals surface area contributed by atoms with Gasteiger partial charge in [0, 0.05) is 72.6 Å². The van der Waals surface area contributed by atoms with Crippen LogP contribution in [0.3, 0.4) is 0 Å². The van der Waals surface area contributed by atoms with E-state index in [9.17, 15) is 9.90 Å². The molecular weight excluding hydrogens is 440 g/mol. The quantitative estimate of drug-likeness (QED) is 0.378. The van der Waals surface area contributed by atoms with Crippen molar-refractivity contribution in [1.29, 1.82) is 0 Å². The first-order valence-electron chi connectivity index (χ1n) is 11.4. The lowest BCUT2D eigenvalue weighted by molar-refractivity contribution is 0.0802. The molecule has 1 aromatic carbocycles. The van der Waals surface area contributed by atoms with Crippen molar-refractivity contribution in [2.75, 3.05) is 7.05 Å². The van der Waals surface area contributed by atoms with Gasteiger partial charge in [-0.15, -0.1) is 0 Å². The second-order valence-corrected chi connectivity index (χ2v) is 9.36. The van der Waals surface area contributed by atoms with E-state index in [0.29, 0.717) is 5.52 Å². The summed E-state index contributed by atoms with van der Waals surface area (Å²) in [6.45, 7) is 5.55. The lowest BCUT2D eigenvalue weighted by atomic mass is 9.91. The molecule has 0 spiro atoms. The Morgan fingerprint density at radius 1 is 1.20 bits per heavy atom. The molecule has 1 unspecified atom stereocenters. The minimum Gasteiger partial charge on any atom is -0.386 e. The summed E-state index contributed by atoms with van der Waals surface area (Å²) in [5.41, 5.74) is 4.61. The number of hydrogen-bond donors (Lipinski definition) is 2. The maximum atomic E-state index is 12.5. The molecule has 0 saturated carbocycles. The minimum absolute atomic E-state index is 0.138. The molecule has 0 aliphatic heterocycles.